The van der Waals surface area contributed by atoms with Crippen molar-refractivity contribution < 1.29 is 14.3 Å². The smallest absolute Gasteiger partial charge is 0.176 e. The highest BCUT2D eigenvalue weighted by atomic mass is 35.5. The fourth-order valence-corrected chi connectivity index (χ4v) is 3.13. The number of rotatable bonds is 5. The lowest BCUT2D eigenvalue weighted by Gasteiger charge is -2.29. The lowest BCUT2D eigenvalue weighted by atomic mass is 9.98. The molecular weight excluding hydrogens is 326 g/mol. The van der Waals surface area contributed by atoms with Gasteiger partial charge in [-0.15, -0.1) is 0 Å². The minimum absolute atomic E-state index is 0.107. The third-order valence-corrected chi connectivity index (χ3v) is 4.58. The van der Waals surface area contributed by atoms with Crippen LogP contribution in [0.1, 0.15) is 21.5 Å². The molecule has 0 N–H and O–H groups in total. The number of ether oxygens (including phenoxy) is 2. The van der Waals surface area contributed by atoms with Gasteiger partial charge in [-0.3, -0.25) is 9.69 Å². The zero-order chi connectivity index (χ0) is 17.1. The molecule has 0 saturated carbocycles. The molecule has 24 heavy (non-hydrogen) atoms. The number of benzene rings is 2. The molecule has 0 bridgehead atoms. The van der Waals surface area contributed by atoms with Crippen molar-refractivity contribution in [1.82, 2.24) is 4.90 Å². The van der Waals surface area contributed by atoms with Crippen LogP contribution in [0.3, 0.4) is 0 Å². The quantitative estimate of drug-likeness (QED) is 0.776. The van der Waals surface area contributed by atoms with Crippen LogP contribution in [-0.2, 0) is 13.0 Å². The van der Waals surface area contributed by atoms with E-state index in [9.17, 15) is 4.79 Å². The van der Waals surface area contributed by atoms with Gasteiger partial charge in [-0.25, -0.2) is 0 Å². The molecule has 4 nitrogen and oxygen atoms in total. The standard InChI is InChI=1S/C19H20ClNO3/c1-23-18-9-14-7-8-21(11-15(14)10-19(18)24-2)12-17(22)13-3-5-16(20)6-4-13/h3-6,9-10H,7-8,11-12H2,1-2H3. The number of hydrogen-bond acceptors (Lipinski definition) is 4. The predicted molar refractivity (Wildman–Crippen MR) is 94.3 cm³/mol. The summed E-state index contributed by atoms with van der Waals surface area (Å²) in [5.41, 5.74) is 3.13. The molecule has 2 aromatic carbocycles. The van der Waals surface area contributed by atoms with Gasteiger partial charge in [0.1, 0.15) is 0 Å². The number of nitrogens with zero attached hydrogens (tertiary/aromatic N) is 1. The van der Waals surface area contributed by atoms with Gasteiger partial charge >= 0.3 is 0 Å². The SMILES string of the molecule is COc1cc2c(cc1OC)CN(CC(=O)c1ccc(Cl)cc1)CC2. The zero-order valence-corrected chi connectivity index (χ0v) is 14.6. The van der Waals surface area contributed by atoms with Crippen molar-refractivity contribution in [3.05, 3.63) is 58.1 Å². The highest BCUT2D eigenvalue weighted by Crippen LogP contribution is 2.33. The minimum Gasteiger partial charge on any atom is -0.493 e. The highest BCUT2D eigenvalue weighted by Gasteiger charge is 2.21. The van der Waals surface area contributed by atoms with Gasteiger partial charge in [0.15, 0.2) is 17.3 Å². The van der Waals surface area contributed by atoms with Crippen LogP contribution in [-0.4, -0.2) is 38.0 Å². The van der Waals surface area contributed by atoms with E-state index in [1.807, 2.05) is 12.1 Å². The van der Waals surface area contributed by atoms with Gasteiger partial charge in [-0.05, 0) is 53.9 Å². The molecule has 0 saturated heterocycles. The zero-order valence-electron chi connectivity index (χ0n) is 13.8. The first-order valence-corrected chi connectivity index (χ1v) is 8.23. The van der Waals surface area contributed by atoms with Crippen molar-refractivity contribution in [1.29, 1.82) is 0 Å². The Balaban J connectivity index is 1.72. The van der Waals surface area contributed by atoms with Gasteiger partial charge in [0.25, 0.3) is 0 Å². The van der Waals surface area contributed by atoms with Crippen molar-refractivity contribution in [3.8, 4) is 11.5 Å². The molecule has 0 unspecified atom stereocenters. The molecule has 1 aliphatic heterocycles. The maximum atomic E-state index is 12.4. The molecule has 0 aromatic heterocycles. The van der Waals surface area contributed by atoms with E-state index in [0.29, 0.717) is 17.1 Å². The van der Waals surface area contributed by atoms with Crippen LogP contribution in [0.4, 0.5) is 0 Å². The van der Waals surface area contributed by atoms with E-state index in [-0.39, 0.29) is 5.78 Å². The molecular formula is C19H20ClNO3. The third kappa shape index (κ3) is 3.55. The number of carbonyl (C=O) groups is 1. The normalized spacial score (nSPS) is 14.1. The number of carbonyl (C=O) groups excluding carboxylic acids is 1. The van der Waals surface area contributed by atoms with Crippen LogP contribution in [0.25, 0.3) is 0 Å². The molecule has 0 amide bonds. The summed E-state index contributed by atoms with van der Waals surface area (Å²) >= 11 is 5.87. The molecule has 0 aliphatic carbocycles. The van der Waals surface area contributed by atoms with Crippen molar-refractivity contribution in [2.45, 2.75) is 13.0 Å². The van der Waals surface area contributed by atoms with E-state index in [1.54, 1.807) is 38.5 Å². The number of halogens is 1. The van der Waals surface area contributed by atoms with E-state index in [0.717, 1.165) is 31.0 Å². The Bertz CT molecular complexity index is 743. The van der Waals surface area contributed by atoms with Gasteiger partial charge in [-0.2, -0.15) is 0 Å². The Hall–Kier alpha value is -2.04. The van der Waals surface area contributed by atoms with E-state index in [1.165, 1.54) is 11.1 Å². The summed E-state index contributed by atoms with van der Waals surface area (Å²) < 4.78 is 10.7. The molecule has 0 radical (unpaired) electrons. The van der Waals surface area contributed by atoms with Gasteiger partial charge in [0, 0.05) is 23.7 Å². The summed E-state index contributed by atoms with van der Waals surface area (Å²) in [6, 6.07) is 11.1. The van der Waals surface area contributed by atoms with Gasteiger partial charge < -0.3 is 9.47 Å². The van der Waals surface area contributed by atoms with Crippen LogP contribution in [0.2, 0.25) is 5.02 Å². The number of methoxy groups -OCH3 is 2. The Labute approximate surface area is 146 Å². The Morgan fingerprint density at radius 2 is 1.71 bits per heavy atom. The first-order chi connectivity index (χ1) is 11.6. The molecule has 126 valence electrons. The van der Waals surface area contributed by atoms with Gasteiger partial charge in [-0.1, -0.05) is 11.6 Å². The van der Waals surface area contributed by atoms with Crippen molar-refractivity contribution in [2.75, 3.05) is 27.3 Å². The molecule has 0 atom stereocenters. The Morgan fingerprint density at radius 3 is 2.33 bits per heavy atom. The molecule has 3 rings (SSSR count). The first-order valence-electron chi connectivity index (χ1n) is 7.85. The molecule has 5 heteroatoms. The lowest BCUT2D eigenvalue weighted by molar-refractivity contribution is 0.0921. The topological polar surface area (TPSA) is 38.8 Å². The summed E-state index contributed by atoms with van der Waals surface area (Å²) in [6.07, 6.45) is 0.892. The fraction of sp³-hybridized carbons (Fsp3) is 0.316. The van der Waals surface area contributed by atoms with E-state index >= 15 is 0 Å². The molecule has 0 spiro atoms. The van der Waals surface area contributed by atoms with Crippen molar-refractivity contribution >= 4 is 17.4 Å². The van der Waals surface area contributed by atoms with Crippen molar-refractivity contribution in [2.24, 2.45) is 0 Å². The molecule has 1 heterocycles. The number of ketones is 1. The monoisotopic (exact) mass is 345 g/mol. The second-order valence-electron chi connectivity index (χ2n) is 5.87. The number of hydrogen-bond donors (Lipinski definition) is 0. The molecule has 1 aliphatic rings. The second kappa shape index (κ2) is 7.24. The maximum absolute atomic E-state index is 12.4. The van der Waals surface area contributed by atoms with Gasteiger partial charge in [0.2, 0.25) is 0 Å². The average Bonchev–Trinajstić information content (AvgIpc) is 2.60. The fourth-order valence-electron chi connectivity index (χ4n) is 3.01. The second-order valence-corrected chi connectivity index (χ2v) is 6.30. The van der Waals surface area contributed by atoms with E-state index in [4.69, 9.17) is 21.1 Å². The lowest BCUT2D eigenvalue weighted by Crippen LogP contribution is -2.34. The predicted octanol–water partition coefficient (Wildman–Crippen LogP) is 3.60. The number of fused-ring (bicyclic) bond motifs is 1. The first kappa shape index (κ1) is 16.8. The highest BCUT2D eigenvalue weighted by molar-refractivity contribution is 6.30. The third-order valence-electron chi connectivity index (χ3n) is 4.33. The molecule has 0 fully saturated rings. The van der Waals surface area contributed by atoms with Crippen LogP contribution >= 0.6 is 11.6 Å². The van der Waals surface area contributed by atoms with E-state index in [2.05, 4.69) is 4.90 Å². The van der Waals surface area contributed by atoms with Crippen LogP contribution in [0.15, 0.2) is 36.4 Å². The summed E-state index contributed by atoms with van der Waals surface area (Å²) in [6.45, 7) is 1.98. The number of Topliss-reactive ketones (excluding diaryl/α,β-unsaturated/α-hetero) is 1. The summed E-state index contributed by atoms with van der Waals surface area (Å²) in [4.78, 5) is 14.6. The van der Waals surface area contributed by atoms with Crippen LogP contribution < -0.4 is 9.47 Å². The Morgan fingerprint density at radius 1 is 1.08 bits per heavy atom. The summed E-state index contributed by atoms with van der Waals surface area (Å²) in [5, 5.41) is 0.638. The molecule has 2 aromatic rings. The largest absolute Gasteiger partial charge is 0.493 e. The minimum atomic E-state index is 0.107. The van der Waals surface area contributed by atoms with E-state index < -0.39 is 0 Å². The Kier molecular flexibility index (Phi) is 5.07. The average molecular weight is 346 g/mol. The van der Waals surface area contributed by atoms with Crippen LogP contribution in [0, 0.1) is 0 Å². The maximum Gasteiger partial charge on any atom is 0.176 e. The van der Waals surface area contributed by atoms with Crippen molar-refractivity contribution in [3.63, 3.8) is 0 Å². The summed E-state index contributed by atoms with van der Waals surface area (Å²) in [5.74, 6) is 1.58. The van der Waals surface area contributed by atoms with Crippen LogP contribution in [0.5, 0.6) is 11.5 Å². The summed E-state index contributed by atoms with van der Waals surface area (Å²) in [7, 11) is 3.28. The van der Waals surface area contributed by atoms with Gasteiger partial charge in [0.05, 0.1) is 20.8 Å².